The van der Waals surface area contributed by atoms with E-state index in [2.05, 4.69) is 20.5 Å². The lowest BCUT2D eigenvalue weighted by atomic mass is 10.1. The first kappa shape index (κ1) is 22.5. The van der Waals surface area contributed by atoms with Crippen LogP contribution >= 0.6 is 11.3 Å². The fraction of sp³-hybridized carbons (Fsp3) is 0.294. The molecule has 0 aliphatic rings. The number of nitrogens with two attached hydrogens (primary N) is 1. The number of anilines is 1. The Labute approximate surface area is 184 Å². The number of nitrogens with zero attached hydrogens (tertiary/aromatic N) is 6. The first-order valence-electron chi connectivity index (χ1n) is 9.20. The van der Waals surface area contributed by atoms with Crippen molar-refractivity contribution in [2.45, 2.75) is 26.9 Å². The van der Waals surface area contributed by atoms with E-state index in [1.54, 1.807) is 6.92 Å². The third-order valence-corrected chi connectivity index (χ3v) is 5.31. The number of esters is 1. The molecular formula is C17H18N8O6S. The zero-order chi connectivity index (χ0) is 23.4. The Balaban J connectivity index is 1.79. The van der Waals surface area contributed by atoms with E-state index in [0.29, 0.717) is 12.0 Å². The molecule has 3 rings (SSSR count). The Morgan fingerprint density at radius 2 is 2.06 bits per heavy atom. The minimum absolute atomic E-state index is 0.000770. The quantitative estimate of drug-likeness (QED) is 0.267. The number of nitro groups is 1. The molecule has 3 aromatic rings. The van der Waals surface area contributed by atoms with E-state index >= 15 is 0 Å². The molecule has 3 aromatic heterocycles. The normalized spacial score (nSPS) is 10.7. The molecule has 0 saturated heterocycles. The first-order chi connectivity index (χ1) is 15.2. The van der Waals surface area contributed by atoms with Gasteiger partial charge in [-0.3, -0.25) is 9.59 Å². The Kier molecular flexibility index (Phi) is 6.58. The van der Waals surface area contributed by atoms with E-state index < -0.39 is 28.7 Å². The van der Waals surface area contributed by atoms with Gasteiger partial charge in [-0.1, -0.05) is 11.9 Å². The second-order valence-corrected chi connectivity index (χ2v) is 7.46. The molecule has 15 heteroatoms. The van der Waals surface area contributed by atoms with Gasteiger partial charge >= 0.3 is 11.9 Å². The Morgan fingerprint density at radius 1 is 1.31 bits per heavy atom. The smallest absolute Gasteiger partial charge is 0.462 e. The fourth-order valence-electron chi connectivity index (χ4n) is 2.66. The van der Waals surface area contributed by atoms with Crippen LogP contribution in [0.3, 0.4) is 0 Å². The molecule has 3 N–H and O–H groups in total. The van der Waals surface area contributed by atoms with Gasteiger partial charge in [0.15, 0.2) is 12.4 Å². The molecule has 0 fully saturated rings. The van der Waals surface area contributed by atoms with Crippen LogP contribution in [-0.2, 0) is 11.4 Å². The number of aromatic nitrogens is 5. The highest BCUT2D eigenvalue weighted by Gasteiger charge is 2.26. The summed E-state index contributed by atoms with van der Waals surface area (Å²) >= 11 is 0.866. The summed E-state index contributed by atoms with van der Waals surface area (Å²) < 4.78 is 7.64. The van der Waals surface area contributed by atoms with Crippen molar-refractivity contribution < 1.29 is 24.0 Å². The lowest BCUT2D eigenvalue weighted by Crippen LogP contribution is -2.17. The number of carbonyl (C=O) groups excluding carboxylic acids is 3. The summed E-state index contributed by atoms with van der Waals surface area (Å²) in [6.45, 7) is 3.53. The SMILES string of the molecule is CCCOC(=O)c1c(NC(=O)c2ccn(Cn3cnc([N+](=O)[O-])n3)n2)sc(C(N)=O)c1C. The molecule has 0 atom stereocenters. The predicted molar refractivity (Wildman–Crippen MR) is 110 cm³/mol. The van der Waals surface area contributed by atoms with Crippen molar-refractivity contribution in [1.82, 2.24) is 24.5 Å². The van der Waals surface area contributed by atoms with E-state index in [1.807, 2.05) is 6.92 Å². The summed E-state index contributed by atoms with van der Waals surface area (Å²) in [4.78, 5) is 50.4. The second kappa shape index (κ2) is 9.34. The highest BCUT2D eigenvalue weighted by Crippen LogP contribution is 2.33. The standard InChI is InChI=1S/C17H18N8O6S/c1-3-6-31-16(28)11-9(2)12(13(18)26)32-15(11)20-14(27)10-4-5-23(21-10)8-24-7-19-17(22-24)25(29)30/h4-5,7H,3,6,8H2,1-2H3,(H2,18,26)(H,20,27). The Bertz CT molecular complexity index is 1200. The molecule has 0 unspecified atom stereocenters. The molecular weight excluding hydrogens is 444 g/mol. The van der Waals surface area contributed by atoms with E-state index in [4.69, 9.17) is 10.5 Å². The molecule has 0 saturated carbocycles. The number of nitrogens with one attached hydrogen (secondary N) is 1. The number of hydrogen-bond donors (Lipinski definition) is 2. The summed E-state index contributed by atoms with van der Waals surface area (Å²) in [5.41, 5.74) is 5.74. The zero-order valence-electron chi connectivity index (χ0n) is 17.0. The predicted octanol–water partition coefficient (Wildman–Crippen LogP) is 1.18. The van der Waals surface area contributed by atoms with E-state index in [-0.39, 0.29) is 34.4 Å². The maximum atomic E-state index is 12.7. The second-order valence-electron chi connectivity index (χ2n) is 6.44. The van der Waals surface area contributed by atoms with E-state index in [9.17, 15) is 24.5 Å². The van der Waals surface area contributed by atoms with Crippen LogP contribution in [0.4, 0.5) is 10.9 Å². The van der Waals surface area contributed by atoms with Crippen molar-refractivity contribution in [3.63, 3.8) is 0 Å². The molecule has 0 aromatic carbocycles. The van der Waals surface area contributed by atoms with Crippen LogP contribution in [0.2, 0.25) is 0 Å². The molecule has 0 spiro atoms. The number of primary amides is 1. The van der Waals surface area contributed by atoms with Crippen molar-refractivity contribution in [2.75, 3.05) is 11.9 Å². The topological polar surface area (TPSA) is 190 Å². The number of ether oxygens (including phenoxy) is 1. The third-order valence-electron chi connectivity index (χ3n) is 4.09. The van der Waals surface area contributed by atoms with E-state index in [1.165, 1.54) is 21.6 Å². The Hall–Kier alpha value is -4.14. The highest BCUT2D eigenvalue weighted by atomic mass is 32.1. The van der Waals surface area contributed by atoms with Crippen LogP contribution < -0.4 is 11.1 Å². The van der Waals surface area contributed by atoms with Crippen LogP contribution in [-0.4, -0.2) is 53.9 Å². The summed E-state index contributed by atoms with van der Waals surface area (Å²) in [7, 11) is 0. The van der Waals surface area contributed by atoms with Crippen molar-refractivity contribution >= 4 is 40.1 Å². The van der Waals surface area contributed by atoms with Gasteiger partial charge in [0.1, 0.15) is 5.00 Å². The Morgan fingerprint density at radius 3 is 2.69 bits per heavy atom. The average molecular weight is 462 g/mol. The first-order valence-corrected chi connectivity index (χ1v) is 10.0. The maximum absolute atomic E-state index is 12.7. The van der Waals surface area contributed by atoms with Gasteiger partial charge in [0.25, 0.3) is 11.8 Å². The summed E-state index contributed by atoms with van der Waals surface area (Å²) in [5, 5.41) is 21.1. The minimum atomic E-state index is -0.733. The van der Waals surface area contributed by atoms with Crippen LogP contribution in [0, 0.1) is 17.0 Å². The van der Waals surface area contributed by atoms with Crippen molar-refractivity contribution in [3.8, 4) is 0 Å². The van der Waals surface area contributed by atoms with E-state index in [0.717, 1.165) is 17.7 Å². The number of carbonyl (C=O) groups is 3. The molecule has 3 heterocycles. The molecule has 32 heavy (non-hydrogen) atoms. The maximum Gasteiger partial charge on any atom is 0.491 e. The highest BCUT2D eigenvalue weighted by molar-refractivity contribution is 7.18. The summed E-state index contributed by atoms with van der Waals surface area (Å²) in [6.07, 6.45) is 3.23. The number of thiophene rings is 1. The van der Waals surface area contributed by atoms with Crippen LogP contribution in [0.5, 0.6) is 0 Å². The lowest BCUT2D eigenvalue weighted by molar-refractivity contribution is -0.394. The van der Waals surface area contributed by atoms with Gasteiger partial charge < -0.3 is 25.9 Å². The van der Waals surface area contributed by atoms with Gasteiger partial charge in [-0.2, -0.15) is 9.78 Å². The molecule has 2 amide bonds. The number of rotatable bonds is 9. The van der Waals surface area contributed by atoms with Gasteiger partial charge in [0, 0.05) is 11.3 Å². The van der Waals surface area contributed by atoms with Crippen molar-refractivity contribution in [1.29, 1.82) is 0 Å². The molecule has 0 aliphatic heterocycles. The fourth-order valence-corrected chi connectivity index (χ4v) is 3.71. The van der Waals surface area contributed by atoms with Crippen LogP contribution in [0.1, 0.15) is 49.4 Å². The molecule has 168 valence electrons. The zero-order valence-corrected chi connectivity index (χ0v) is 17.8. The largest absolute Gasteiger partial charge is 0.491 e. The van der Waals surface area contributed by atoms with Gasteiger partial charge in [0.05, 0.1) is 17.0 Å². The molecule has 0 bridgehead atoms. The van der Waals surface area contributed by atoms with Crippen LogP contribution in [0.15, 0.2) is 18.6 Å². The lowest BCUT2D eigenvalue weighted by Gasteiger charge is -2.07. The minimum Gasteiger partial charge on any atom is -0.462 e. The summed E-state index contributed by atoms with van der Waals surface area (Å²) in [5.74, 6) is -2.61. The van der Waals surface area contributed by atoms with Gasteiger partial charge in [-0.25, -0.2) is 9.48 Å². The van der Waals surface area contributed by atoms with Crippen molar-refractivity contribution in [2.24, 2.45) is 5.73 Å². The third kappa shape index (κ3) is 4.77. The molecule has 0 radical (unpaired) electrons. The van der Waals surface area contributed by atoms with Crippen molar-refractivity contribution in [3.05, 3.63) is 50.4 Å². The number of amides is 2. The number of hydrogen-bond acceptors (Lipinski definition) is 10. The summed E-state index contributed by atoms with van der Waals surface area (Å²) in [6, 6.07) is 1.41. The van der Waals surface area contributed by atoms with Gasteiger partial charge in [-0.15, -0.1) is 11.3 Å². The van der Waals surface area contributed by atoms with Gasteiger partial charge in [0.2, 0.25) is 6.33 Å². The average Bonchev–Trinajstić information content (AvgIpc) is 3.46. The monoisotopic (exact) mass is 462 g/mol. The van der Waals surface area contributed by atoms with Gasteiger partial charge in [-0.05, 0) is 29.9 Å². The molecule has 14 nitrogen and oxygen atoms in total. The van der Waals surface area contributed by atoms with Crippen LogP contribution in [0.25, 0.3) is 0 Å². The molecule has 0 aliphatic carbocycles.